The lowest BCUT2D eigenvalue weighted by molar-refractivity contribution is 0.165. The molecule has 0 heterocycles. The van der Waals surface area contributed by atoms with Crippen LogP contribution in [0.15, 0.2) is 29.2 Å². The molecule has 3 nitrogen and oxygen atoms in total. The van der Waals surface area contributed by atoms with E-state index in [0.29, 0.717) is 0 Å². The standard InChI is InChI=1S/C16H27NO2S/c1-4-11-17-16(2,13-18)10-7-12-20-15-9-6-5-8-14(15)19-3/h5-6,8-9,17-18H,4,7,10-13H2,1-3H3. The zero-order valence-electron chi connectivity index (χ0n) is 12.8. The molecule has 0 aliphatic carbocycles. The highest BCUT2D eigenvalue weighted by Crippen LogP contribution is 2.29. The molecule has 0 aromatic heterocycles. The van der Waals surface area contributed by atoms with Gasteiger partial charge in [0.05, 0.1) is 13.7 Å². The summed E-state index contributed by atoms with van der Waals surface area (Å²) in [6, 6.07) is 8.10. The fourth-order valence-corrected chi connectivity index (χ4v) is 3.01. The largest absolute Gasteiger partial charge is 0.496 e. The molecule has 20 heavy (non-hydrogen) atoms. The number of ether oxygens (including phenoxy) is 1. The van der Waals surface area contributed by atoms with Gasteiger partial charge in [0.15, 0.2) is 0 Å². The summed E-state index contributed by atoms with van der Waals surface area (Å²) in [5.74, 6) is 1.97. The zero-order valence-corrected chi connectivity index (χ0v) is 13.6. The maximum absolute atomic E-state index is 9.52. The first-order valence-corrected chi connectivity index (χ1v) is 8.25. The number of methoxy groups -OCH3 is 1. The summed E-state index contributed by atoms with van der Waals surface area (Å²) in [5.41, 5.74) is -0.155. The van der Waals surface area contributed by atoms with E-state index in [1.807, 2.05) is 30.0 Å². The molecule has 0 saturated carbocycles. The molecule has 0 spiro atoms. The van der Waals surface area contributed by atoms with Crippen molar-refractivity contribution in [1.29, 1.82) is 0 Å². The summed E-state index contributed by atoms with van der Waals surface area (Å²) in [4.78, 5) is 1.18. The minimum Gasteiger partial charge on any atom is -0.496 e. The Labute approximate surface area is 127 Å². The number of rotatable bonds is 10. The molecule has 0 fully saturated rings. The van der Waals surface area contributed by atoms with Crippen molar-refractivity contribution < 1.29 is 9.84 Å². The van der Waals surface area contributed by atoms with Crippen molar-refractivity contribution in [3.63, 3.8) is 0 Å². The van der Waals surface area contributed by atoms with Gasteiger partial charge in [0, 0.05) is 10.4 Å². The Morgan fingerprint density at radius 1 is 1.35 bits per heavy atom. The van der Waals surface area contributed by atoms with Crippen LogP contribution in [0.5, 0.6) is 5.75 Å². The smallest absolute Gasteiger partial charge is 0.132 e. The van der Waals surface area contributed by atoms with E-state index in [9.17, 15) is 5.11 Å². The van der Waals surface area contributed by atoms with Crippen LogP contribution in [0.4, 0.5) is 0 Å². The molecule has 0 aliphatic rings. The summed E-state index contributed by atoms with van der Waals surface area (Å²) in [7, 11) is 1.71. The molecule has 2 N–H and O–H groups in total. The Morgan fingerprint density at radius 2 is 2.10 bits per heavy atom. The lowest BCUT2D eigenvalue weighted by Crippen LogP contribution is -2.46. The van der Waals surface area contributed by atoms with E-state index >= 15 is 0 Å². The molecular weight excluding hydrogens is 270 g/mol. The van der Waals surface area contributed by atoms with Crippen molar-refractivity contribution in [2.75, 3.05) is 26.0 Å². The van der Waals surface area contributed by atoms with Crippen LogP contribution < -0.4 is 10.1 Å². The van der Waals surface area contributed by atoms with Crippen molar-refractivity contribution in [1.82, 2.24) is 5.32 Å². The van der Waals surface area contributed by atoms with Crippen molar-refractivity contribution in [3.05, 3.63) is 24.3 Å². The van der Waals surface area contributed by atoms with Crippen LogP contribution in [0, 0.1) is 0 Å². The molecule has 1 aromatic rings. The molecule has 0 amide bonds. The lowest BCUT2D eigenvalue weighted by atomic mass is 9.97. The quantitative estimate of drug-likeness (QED) is 0.513. The second kappa shape index (κ2) is 9.27. The monoisotopic (exact) mass is 297 g/mol. The average molecular weight is 297 g/mol. The van der Waals surface area contributed by atoms with Gasteiger partial charge < -0.3 is 15.2 Å². The van der Waals surface area contributed by atoms with Crippen LogP contribution in [0.1, 0.15) is 33.1 Å². The molecule has 4 heteroatoms. The first-order valence-electron chi connectivity index (χ1n) is 7.27. The van der Waals surface area contributed by atoms with Crippen molar-refractivity contribution >= 4 is 11.8 Å². The van der Waals surface area contributed by atoms with Gasteiger partial charge in [-0.05, 0) is 50.6 Å². The molecule has 114 valence electrons. The van der Waals surface area contributed by atoms with Crippen LogP contribution in [-0.4, -0.2) is 36.7 Å². The lowest BCUT2D eigenvalue weighted by Gasteiger charge is -2.28. The van der Waals surface area contributed by atoms with Crippen LogP contribution in [-0.2, 0) is 0 Å². The van der Waals surface area contributed by atoms with Crippen LogP contribution in [0.3, 0.4) is 0 Å². The molecule has 0 aliphatic heterocycles. The zero-order chi connectivity index (χ0) is 14.8. The second-order valence-electron chi connectivity index (χ2n) is 5.25. The number of hydrogen-bond acceptors (Lipinski definition) is 4. The molecule has 1 rings (SSSR count). The summed E-state index contributed by atoms with van der Waals surface area (Å²) in [6.07, 6.45) is 3.13. The number of para-hydroxylation sites is 1. The Hall–Kier alpha value is -0.710. The van der Waals surface area contributed by atoms with Crippen molar-refractivity contribution in [2.45, 2.75) is 43.5 Å². The fraction of sp³-hybridized carbons (Fsp3) is 0.625. The number of thioether (sulfide) groups is 1. The molecule has 0 bridgehead atoms. The van der Waals surface area contributed by atoms with E-state index in [4.69, 9.17) is 4.74 Å². The number of hydrogen-bond donors (Lipinski definition) is 2. The molecule has 1 aromatic carbocycles. The molecule has 1 unspecified atom stereocenters. The van der Waals surface area contributed by atoms with Gasteiger partial charge in [-0.1, -0.05) is 19.1 Å². The third kappa shape index (κ3) is 5.73. The van der Waals surface area contributed by atoms with Crippen LogP contribution >= 0.6 is 11.8 Å². The maximum Gasteiger partial charge on any atom is 0.132 e. The van der Waals surface area contributed by atoms with E-state index in [1.165, 1.54) is 4.90 Å². The van der Waals surface area contributed by atoms with E-state index in [-0.39, 0.29) is 12.1 Å². The van der Waals surface area contributed by atoms with Gasteiger partial charge in [-0.25, -0.2) is 0 Å². The first-order chi connectivity index (χ1) is 9.65. The molecular formula is C16H27NO2S. The third-order valence-corrected chi connectivity index (χ3v) is 4.49. The van der Waals surface area contributed by atoms with Gasteiger partial charge in [0.1, 0.15) is 5.75 Å². The highest BCUT2D eigenvalue weighted by Gasteiger charge is 2.21. The second-order valence-corrected chi connectivity index (χ2v) is 6.39. The van der Waals surface area contributed by atoms with Crippen molar-refractivity contribution in [3.8, 4) is 5.75 Å². The van der Waals surface area contributed by atoms with Gasteiger partial charge in [-0.3, -0.25) is 0 Å². The predicted octanol–water partition coefficient (Wildman–Crippen LogP) is 3.32. The number of benzene rings is 1. The summed E-state index contributed by atoms with van der Waals surface area (Å²) >= 11 is 1.81. The minimum atomic E-state index is -0.155. The minimum absolute atomic E-state index is 0.155. The molecule has 1 atom stereocenters. The Balaban J connectivity index is 2.36. The topological polar surface area (TPSA) is 41.5 Å². The first kappa shape index (κ1) is 17.3. The Kier molecular flexibility index (Phi) is 8.04. The average Bonchev–Trinajstić information content (AvgIpc) is 2.50. The van der Waals surface area contributed by atoms with Gasteiger partial charge in [-0.2, -0.15) is 0 Å². The van der Waals surface area contributed by atoms with Crippen LogP contribution in [0.2, 0.25) is 0 Å². The SMILES string of the molecule is CCCNC(C)(CO)CCCSc1ccccc1OC. The maximum atomic E-state index is 9.52. The number of aliphatic hydroxyl groups is 1. The Bertz CT molecular complexity index is 386. The third-order valence-electron chi connectivity index (χ3n) is 3.35. The summed E-state index contributed by atoms with van der Waals surface area (Å²) in [6.45, 7) is 5.38. The predicted molar refractivity (Wildman–Crippen MR) is 86.7 cm³/mol. The molecule has 0 radical (unpaired) electrons. The normalized spacial score (nSPS) is 14.0. The highest BCUT2D eigenvalue weighted by atomic mass is 32.2. The molecule has 0 saturated heterocycles. The van der Waals surface area contributed by atoms with E-state index in [2.05, 4.69) is 25.2 Å². The van der Waals surface area contributed by atoms with Crippen LogP contribution in [0.25, 0.3) is 0 Å². The van der Waals surface area contributed by atoms with Gasteiger partial charge in [0.2, 0.25) is 0 Å². The van der Waals surface area contributed by atoms with E-state index < -0.39 is 0 Å². The van der Waals surface area contributed by atoms with Gasteiger partial charge in [-0.15, -0.1) is 11.8 Å². The Morgan fingerprint density at radius 3 is 2.75 bits per heavy atom. The number of nitrogens with one attached hydrogen (secondary N) is 1. The van der Waals surface area contributed by atoms with E-state index in [1.54, 1.807) is 7.11 Å². The van der Waals surface area contributed by atoms with Gasteiger partial charge in [0.25, 0.3) is 0 Å². The van der Waals surface area contributed by atoms with Gasteiger partial charge >= 0.3 is 0 Å². The highest BCUT2D eigenvalue weighted by molar-refractivity contribution is 7.99. The van der Waals surface area contributed by atoms with Crippen molar-refractivity contribution in [2.24, 2.45) is 0 Å². The number of aliphatic hydroxyl groups excluding tert-OH is 1. The van der Waals surface area contributed by atoms with E-state index in [0.717, 1.165) is 37.3 Å². The fourth-order valence-electron chi connectivity index (χ4n) is 2.03. The summed E-state index contributed by atoms with van der Waals surface area (Å²) in [5, 5.41) is 13.0. The summed E-state index contributed by atoms with van der Waals surface area (Å²) < 4.78 is 5.34.